The van der Waals surface area contributed by atoms with Crippen LogP contribution in [0.1, 0.15) is 20.3 Å². The van der Waals surface area contributed by atoms with Gasteiger partial charge in [0.25, 0.3) is 0 Å². The molecular weight excluding hydrogens is 206 g/mol. The Labute approximate surface area is 94.4 Å². The minimum atomic E-state index is 0.0321. The second-order valence-corrected chi connectivity index (χ2v) is 5.83. The zero-order chi connectivity index (χ0) is 10.5. The molecule has 1 aromatic rings. The predicted octanol–water partition coefficient (Wildman–Crippen LogP) is 3.10. The molecule has 0 aliphatic carbocycles. The van der Waals surface area contributed by atoms with E-state index in [1.807, 2.05) is 11.8 Å². The van der Waals surface area contributed by atoms with Gasteiger partial charge in [-0.25, -0.2) is 0 Å². The highest BCUT2D eigenvalue weighted by Crippen LogP contribution is 2.52. The number of nitrogens with one attached hydrogen (secondary N) is 1. The molecule has 80 valence electrons. The van der Waals surface area contributed by atoms with E-state index in [0.29, 0.717) is 12.2 Å². The van der Waals surface area contributed by atoms with E-state index < -0.39 is 0 Å². The molecule has 15 heavy (non-hydrogen) atoms. The second-order valence-electron chi connectivity index (χ2n) is 4.33. The second kappa shape index (κ2) is 3.16. The van der Waals surface area contributed by atoms with Crippen molar-refractivity contribution in [3.63, 3.8) is 0 Å². The van der Waals surface area contributed by atoms with Gasteiger partial charge in [0.1, 0.15) is 11.0 Å². The van der Waals surface area contributed by atoms with Crippen molar-refractivity contribution < 1.29 is 4.74 Å². The van der Waals surface area contributed by atoms with Crippen LogP contribution in [-0.4, -0.2) is 17.1 Å². The van der Waals surface area contributed by atoms with Crippen LogP contribution in [0.2, 0.25) is 0 Å². The summed E-state index contributed by atoms with van der Waals surface area (Å²) in [4.78, 5) is 1.37. The van der Waals surface area contributed by atoms with Gasteiger partial charge < -0.3 is 10.1 Å². The first-order chi connectivity index (χ1) is 7.23. The van der Waals surface area contributed by atoms with Gasteiger partial charge in [-0.15, -0.1) is 0 Å². The lowest BCUT2D eigenvalue weighted by Crippen LogP contribution is -2.34. The number of hydrogen-bond donors (Lipinski definition) is 1. The highest BCUT2D eigenvalue weighted by atomic mass is 32.2. The van der Waals surface area contributed by atoms with Crippen LogP contribution < -0.4 is 5.32 Å². The van der Waals surface area contributed by atoms with Crippen molar-refractivity contribution in [2.75, 3.05) is 5.32 Å². The lowest BCUT2D eigenvalue weighted by molar-refractivity contribution is 0.348. The Bertz CT molecular complexity index is 368. The van der Waals surface area contributed by atoms with E-state index >= 15 is 0 Å². The van der Waals surface area contributed by atoms with Crippen molar-refractivity contribution in [1.29, 1.82) is 0 Å². The average molecular weight is 221 g/mol. The summed E-state index contributed by atoms with van der Waals surface area (Å²) in [6.45, 7) is 4.42. The van der Waals surface area contributed by atoms with Crippen LogP contribution in [0.5, 0.6) is 0 Å². The SMILES string of the molecule is CC[C@@H]1O[C@H]1[C@@]1(C)Nc2ccccc2S1. The molecule has 0 bridgehead atoms. The highest BCUT2D eigenvalue weighted by molar-refractivity contribution is 8.01. The van der Waals surface area contributed by atoms with Gasteiger partial charge in [0.05, 0.1) is 6.10 Å². The zero-order valence-corrected chi connectivity index (χ0v) is 9.80. The van der Waals surface area contributed by atoms with E-state index in [9.17, 15) is 0 Å². The van der Waals surface area contributed by atoms with Gasteiger partial charge in [-0.3, -0.25) is 0 Å². The van der Waals surface area contributed by atoms with Gasteiger partial charge in [-0.1, -0.05) is 30.8 Å². The maximum Gasteiger partial charge on any atom is 0.117 e. The van der Waals surface area contributed by atoms with Gasteiger partial charge in [-0.2, -0.15) is 0 Å². The summed E-state index contributed by atoms with van der Waals surface area (Å²) in [5.41, 5.74) is 1.25. The van der Waals surface area contributed by atoms with Crippen molar-refractivity contribution in [1.82, 2.24) is 0 Å². The summed E-state index contributed by atoms with van der Waals surface area (Å²) in [5.74, 6) is 0. The molecule has 2 aliphatic heterocycles. The van der Waals surface area contributed by atoms with Crippen LogP contribution in [0.25, 0.3) is 0 Å². The fraction of sp³-hybridized carbons (Fsp3) is 0.500. The number of ether oxygens (including phenoxy) is 1. The molecule has 1 N–H and O–H groups in total. The molecule has 1 aromatic carbocycles. The third-order valence-electron chi connectivity index (χ3n) is 3.12. The predicted molar refractivity (Wildman–Crippen MR) is 63.3 cm³/mol. The Morgan fingerprint density at radius 3 is 2.93 bits per heavy atom. The zero-order valence-electron chi connectivity index (χ0n) is 8.99. The number of epoxide rings is 1. The molecule has 1 saturated heterocycles. The van der Waals surface area contributed by atoms with Crippen LogP contribution in [0, 0.1) is 0 Å². The number of hydrogen-bond acceptors (Lipinski definition) is 3. The minimum absolute atomic E-state index is 0.0321. The van der Waals surface area contributed by atoms with Gasteiger partial charge in [0.2, 0.25) is 0 Å². The summed E-state index contributed by atoms with van der Waals surface area (Å²) in [6.07, 6.45) is 1.92. The number of para-hydroxylation sites is 1. The molecule has 0 radical (unpaired) electrons. The Morgan fingerprint density at radius 2 is 2.27 bits per heavy atom. The Hall–Kier alpha value is -0.670. The van der Waals surface area contributed by atoms with E-state index in [1.54, 1.807) is 0 Å². The lowest BCUT2D eigenvalue weighted by Gasteiger charge is -2.21. The largest absolute Gasteiger partial charge is 0.368 e. The van der Waals surface area contributed by atoms with Crippen molar-refractivity contribution in [3.8, 4) is 0 Å². The number of benzene rings is 1. The van der Waals surface area contributed by atoms with E-state index in [2.05, 4.69) is 43.4 Å². The van der Waals surface area contributed by atoms with Crippen molar-refractivity contribution in [2.24, 2.45) is 0 Å². The highest BCUT2D eigenvalue weighted by Gasteiger charge is 2.54. The first kappa shape index (κ1) is 9.55. The van der Waals surface area contributed by atoms with Crippen LogP contribution in [0.3, 0.4) is 0 Å². The van der Waals surface area contributed by atoms with Gasteiger partial charge in [0, 0.05) is 10.6 Å². The average Bonchev–Trinajstić information content (AvgIpc) is 2.95. The van der Waals surface area contributed by atoms with E-state index in [0.717, 1.165) is 6.42 Å². The van der Waals surface area contributed by atoms with Crippen molar-refractivity contribution in [3.05, 3.63) is 24.3 Å². The van der Waals surface area contributed by atoms with Crippen molar-refractivity contribution in [2.45, 2.75) is 42.2 Å². The summed E-state index contributed by atoms with van der Waals surface area (Å²) in [6, 6.07) is 8.46. The summed E-state index contributed by atoms with van der Waals surface area (Å²) in [7, 11) is 0. The Balaban J connectivity index is 1.83. The molecule has 2 nitrogen and oxygen atoms in total. The number of fused-ring (bicyclic) bond motifs is 1. The molecule has 0 amide bonds. The monoisotopic (exact) mass is 221 g/mol. The third-order valence-corrected chi connectivity index (χ3v) is 4.45. The molecule has 3 heteroatoms. The summed E-state index contributed by atoms with van der Waals surface area (Å²) in [5, 5.41) is 3.58. The molecule has 2 aliphatic rings. The van der Waals surface area contributed by atoms with Gasteiger partial charge in [-0.05, 0) is 25.5 Å². The third kappa shape index (κ3) is 1.45. The molecule has 3 rings (SSSR count). The smallest absolute Gasteiger partial charge is 0.117 e. The van der Waals surface area contributed by atoms with Gasteiger partial charge in [0.15, 0.2) is 0 Å². The molecule has 0 aromatic heterocycles. The standard InChI is InChI=1S/C12H15NOS/c1-3-9-11(14-9)12(2)13-8-6-4-5-7-10(8)15-12/h4-7,9,11,13H,3H2,1-2H3/t9-,11+,12-/m0/s1. The number of thioether (sulfide) groups is 1. The van der Waals surface area contributed by atoms with E-state index in [1.165, 1.54) is 10.6 Å². The van der Waals surface area contributed by atoms with Gasteiger partial charge >= 0.3 is 0 Å². The normalized spacial score (nSPS) is 37.2. The fourth-order valence-corrected chi connectivity index (χ4v) is 3.56. The van der Waals surface area contributed by atoms with Crippen LogP contribution >= 0.6 is 11.8 Å². The summed E-state index contributed by atoms with van der Waals surface area (Å²) < 4.78 is 5.70. The topological polar surface area (TPSA) is 24.6 Å². The first-order valence-corrected chi connectivity index (χ1v) is 6.26. The molecule has 0 spiro atoms. The number of anilines is 1. The van der Waals surface area contributed by atoms with Crippen LogP contribution in [0.4, 0.5) is 5.69 Å². The first-order valence-electron chi connectivity index (χ1n) is 5.44. The molecule has 1 fully saturated rings. The lowest BCUT2D eigenvalue weighted by atomic mass is 10.1. The maximum atomic E-state index is 5.70. The Kier molecular flexibility index (Phi) is 2.01. The Morgan fingerprint density at radius 1 is 1.47 bits per heavy atom. The molecule has 0 unspecified atom stereocenters. The van der Waals surface area contributed by atoms with E-state index in [4.69, 9.17) is 4.74 Å². The number of rotatable bonds is 2. The summed E-state index contributed by atoms with van der Waals surface area (Å²) >= 11 is 1.89. The molecule has 0 saturated carbocycles. The fourth-order valence-electron chi connectivity index (χ4n) is 2.25. The minimum Gasteiger partial charge on any atom is -0.368 e. The van der Waals surface area contributed by atoms with Crippen molar-refractivity contribution >= 4 is 17.4 Å². The molecular formula is C12H15NOS. The van der Waals surface area contributed by atoms with Crippen LogP contribution in [-0.2, 0) is 4.74 Å². The maximum absolute atomic E-state index is 5.70. The van der Waals surface area contributed by atoms with E-state index in [-0.39, 0.29) is 4.87 Å². The molecule has 3 atom stereocenters. The van der Waals surface area contributed by atoms with Crippen LogP contribution in [0.15, 0.2) is 29.2 Å². The quantitative estimate of drug-likeness (QED) is 0.777. The molecule has 2 heterocycles.